The molecule has 142 valence electrons. The molecule has 1 aromatic heterocycles. The number of carbonyl (C=O) groups excluding carboxylic acids is 1. The molecule has 1 heterocycles. The molecule has 28 heavy (non-hydrogen) atoms. The summed E-state index contributed by atoms with van der Waals surface area (Å²) < 4.78 is 12.3. The Labute approximate surface area is 172 Å². The van der Waals surface area contributed by atoms with Crippen molar-refractivity contribution < 1.29 is 13.9 Å². The van der Waals surface area contributed by atoms with Crippen molar-refractivity contribution in [1.82, 2.24) is 0 Å². The zero-order valence-electron chi connectivity index (χ0n) is 16.1. The molecule has 0 radical (unpaired) electrons. The lowest BCUT2D eigenvalue weighted by Gasteiger charge is -2.10. The molecule has 0 N–H and O–H groups in total. The number of esters is 1. The molecule has 0 saturated carbocycles. The highest BCUT2D eigenvalue weighted by atomic mass is 79.9. The van der Waals surface area contributed by atoms with E-state index in [0.29, 0.717) is 11.7 Å². The van der Waals surface area contributed by atoms with Crippen molar-refractivity contribution in [3.63, 3.8) is 0 Å². The van der Waals surface area contributed by atoms with Gasteiger partial charge in [0.1, 0.15) is 11.3 Å². The van der Waals surface area contributed by atoms with Crippen LogP contribution in [0.25, 0.3) is 21.7 Å². The van der Waals surface area contributed by atoms with Crippen molar-refractivity contribution >= 4 is 43.6 Å². The molecule has 0 aliphatic heterocycles. The molecule has 4 heteroatoms. The van der Waals surface area contributed by atoms with Crippen LogP contribution in [0.5, 0.6) is 5.75 Å². The number of fused-ring (bicyclic) bond motifs is 2. The zero-order chi connectivity index (χ0) is 19.8. The average molecular weight is 437 g/mol. The maximum absolute atomic E-state index is 12.5. The number of hydrogen-bond donors (Lipinski definition) is 0. The Morgan fingerprint density at radius 2 is 1.82 bits per heavy atom. The second-order valence-electron chi connectivity index (χ2n) is 7.42. The van der Waals surface area contributed by atoms with E-state index < -0.39 is 0 Å². The van der Waals surface area contributed by atoms with Crippen LogP contribution in [0.15, 0.2) is 63.7 Å². The Hall–Kier alpha value is -2.59. The molecule has 4 aromatic rings. The molecule has 0 fully saturated rings. The van der Waals surface area contributed by atoms with E-state index in [9.17, 15) is 4.79 Å². The first-order valence-electron chi connectivity index (χ1n) is 9.31. The van der Waals surface area contributed by atoms with Crippen molar-refractivity contribution in [3.05, 3.63) is 76.0 Å². The van der Waals surface area contributed by atoms with Gasteiger partial charge in [-0.05, 0) is 71.1 Å². The first-order valence-corrected chi connectivity index (χ1v) is 10.1. The minimum absolute atomic E-state index is 0.173. The van der Waals surface area contributed by atoms with Gasteiger partial charge in [-0.25, -0.2) is 0 Å². The van der Waals surface area contributed by atoms with Crippen LogP contribution in [0, 0.1) is 6.92 Å². The first kappa shape index (κ1) is 18.8. The van der Waals surface area contributed by atoms with Gasteiger partial charge in [0.15, 0.2) is 0 Å². The number of hydrogen-bond acceptors (Lipinski definition) is 3. The third-order valence-corrected chi connectivity index (χ3v) is 5.50. The number of aryl methyl sites for hydroxylation is 1. The molecule has 0 spiro atoms. The lowest BCUT2D eigenvalue weighted by atomic mass is 9.95. The van der Waals surface area contributed by atoms with Crippen LogP contribution >= 0.6 is 15.9 Å². The zero-order valence-corrected chi connectivity index (χ0v) is 17.7. The third-order valence-electron chi connectivity index (χ3n) is 5.00. The van der Waals surface area contributed by atoms with Crippen molar-refractivity contribution in [3.8, 4) is 5.75 Å². The van der Waals surface area contributed by atoms with Crippen molar-refractivity contribution in [1.29, 1.82) is 0 Å². The van der Waals surface area contributed by atoms with E-state index in [0.717, 1.165) is 31.8 Å². The SMILES string of the molecule is Cc1cc2occ(CC(=O)Oc3ccc4cc(Br)ccc4c3)c2cc1C(C)C. The number of benzene rings is 3. The van der Waals surface area contributed by atoms with Crippen LogP contribution in [0.1, 0.15) is 36.5 Å². The molecule has 4 rings (SSSR count). The molecule has 0 bridgehead atoms. The van der Waals surface area contributed by atoms with Gasteiger partial charge in [0, 0.05) is 15.4 Å². The van der Waals surface area contributed by atoms with Crippen LogP contribution < -0.4 is 4.74 Å². The number of carbonyl (C=O) groups is 1. The van der Waals surface area contributed by atoms with E-state index >= 15 is 0 Å². The smallest absolute Gasteiger partial charge is 0.315 e. The molecule has 3 nitrogen and oxygen atoms in total. The van der Waals surface area contributed by atoms with Crippen molar-refractivity contribution in [2.24, 2.45) is 0 Å². The molecule has 0 amide bonds. The maximum Gasteiger partial charge on any atom is 0.315 e. The van der Waals surface area contributed by atoms with Crippen LogP contribution in [0.2, 0.25) is 0 Å². The Morgan fingerprint density at radius 3 is 2.61 bits per heavy atom. The van der Waals surface area contributed by atoms with E-state index in [2.05, 4.69) is 42.8 Å². The fourth-order valence-electron chi connectivity index (χ4n) is 3.58. The van der Waals surface area contributed by atoms with Crippen LogP contribution in [0.4, 0.5) is 0 Å². The predicted octanol–water partition coefficient (Wildman–Crippen LogP) is 6.93. The summed E-state index contributed by atoms with van der Waals surface area (Å²) in [5.41, 5.74) is 4.13. The molecular formula is C24H21BrO3. The topological polar surface area (TPSA) is 39.4 Å². The summed E-state index contributed by atoms with van der Waals surface area (Å²) in [7, 11) is 0. The number of rotatable bonds is 4. The fraction of sp³-hybridized carbons (Fsp3) is 0.208. The highest BCUT2D eigenvalue weighted by molar-refractivity contribution is 9.10. The highest BCUT2D eigenvalue weighted by Crippen LogP contribution is 2.30. The number of furan rings is 1. The molecule has 0 atom stereocenters. The Morgan fingerprint density at radius 1 is 1.07 bits per heavy atom. The van der Waals surface area contributed by atoms with Gasteiger partial charge in [-0.2, -0.15) is 0 Å². The standard InChI is InChI=1S/C24H21BrO3/c1-14(2)21-12-22-18(13-27-23(22)8-15(21)3)11-24(26)28-20-7-5-16-9-19(25)6-4-17(16)10-20/h4-10,12-14H,11H2,1-3H3. The average Bonchev–Trinajstić information content (AvgIpc) is 3.02. The largest absolute Gasteiger partial charge is 0.464 e. The van der Waals surface area contributed by atoms with E-state index in [-0.39, 0.29) is 12.4 Å². The van der Waals surface area contributed by atoms with Gasteiger partial charge in [-0.3, -0.25) is 4.79 Å². The summed E-state index contributed by atoms with van der Waals surface area (Å²) in [6, 6.07) is 15.8. The summed E-state index contributed by atoms with van der Waals surface area (Å²) in [5, 5.41) is 3.10. The molecule has 3 aromatic carbocycles. The summed E-state index contributed by atoms with van der Waals surface area (Å²) in [4.78, 5) is 12.5. The summed E-state index contributed by atoms with van der Waals surface area (Å²) in [5.74, 6) is 0.661. The Balaban J connectivity index is 1.57. The minimum Gasteiger partial charge on any atom is -0.464 e. The van der Waals surface area contributed by atoms with Gasteiger partial charge in [0.05, 0.1) is 12.7 Å². The lowest BCUT2D eigenvalue weighted by Crippen LogP contribution is -2.11. The maximum atomic E-state index is 12.5. The molecule has 0 unspecified atom stereocenters. The van der Waals surface area contributed by atoms with Crippen molar-refractivity contribution in [2.45, 2.75) is 33.1 Å². The first-order chi connectivity index (χ1) is 13.4. The highest BCUT2D eigenvalue weighted by Gasteiger charge is 2.15. The van der Waals surface area contributed by atoms with Gasteiger partial charge in [0.25, 0.3) is 0 Å². The Kier molecular flexibility index (Phi) is 4.98. The molecule has 0 aliphatic rings. The second-order valence-corrected chi connectivity index (χ2v) is 8.34. The van der Waals surface area contributed by atoms with E-state index in [1.165, 1.54) is 11.1 Å². The van der Waals surface area contributed by atoms with E-state index in [4.69, 9.17) is 9.15 Å². The van der Waals surface area contributed by atoms with Crippen LogP contribution in [-0.2, 0) is 11.2 Å². The molecule has 0 saturated heterocycles. The molecule has 0 aliphatic carbocycles. The normalized spacial score (nSPS) is 11.5. The summed E-state index contributed by atoms with van der Waals surface area (Å²) in [6.45, 7) is 6.42. The summed E-state index contributed by atoms with van der Waals surface area (Å²) >= 11 is 3.47. The summed E-state index contributed by atoms with van der Waals surface area (Å²) in [6.07, 6.45) is 1.83. The quantitative estimate of drug-likeness (QED) is 0.257. The number of ether oxygens (including phenoxy) is 1. The molecular weight excluding hydrogens is 416 g/mol. The van der Waals surface area contributed by atoms with Gasteiger partial charge in [0.2, 0.25) is 0 Å². The van der Waals surface area contributed by atoms with Gasteiger partial charge < -0.3 is 9.15 Å². The van der Waals surface area contributed by atoms with Gasteiger partial charge in [-0.15, -0.1) is 0 Å². The minimum atomic E-state index is -0.300. The van der Waals surface area contributed by atoms with Gasteiger partial charge >= 0.3 is 5.97 Å². The van der Waals surface area contributed by atoms with Crippen LogP contribution in [-0.4, -0.2) is 5.97 Å². The van der Waals surface area contributed by atoms with Crippen LogP contribution in [0.3, 0.4) is 0 Å². The van der Waals surface area contributed by atoms with Gasteiger partial charge in [-0.1, -0.05) is 41.9 Å². The predicted molar refractivity (Wildman–Crippen MR) is 116 cm³/mol. The Bertz CT molecular complexity index is 1190. The third kappa shape index (κ3) is 3.69. The lowest BCUT2D eigenvalue weighted by molar-refractivity contribution is -0.133. The van der Waals surface area contributed by atoms with E-state index in [1.54, 1.807) is 6.26 Å². The van der Waals surface area contributed by atoms with Crippen molar-refractivity contribution in [2.75, 3.05) is 0 Å². The van der Waals surface area contributed by atoms with E-state index in [1.807, 2.05) is 42.5 Å². The fourth-order valence-corrected chi connectivity index (χ4v) is 3.96. The second kappa shape index (κ2) is 7.44. The monoisotopic (exact) mass is 436 g/mol. The number of halogens is 1.